The second-order valence-corrected chi connectivity index (χ2v) is 5.88. The molecular weight excluding hydrogens is 304 g/mol. The van der Waals surface area contributed by atoms with Crippen molar-refractivity contribution in [2.75, 3.05) is 37.7 Å². The van der Waals surface area contributed by atoms with Crippen LogP contribution in [0.25, 0.3) is 21.9 Å². The molecule has 0 aliphatic carbocycles. The Kier molecular flexibility index (Phi) is 3.82. The van der Waals surface area contributed by atoms with Crippen LogP contribution in [0.4, 0.5) is 5.82 Å². The molecule has 0 atom stereocenters. The van der Waals surface area contributed by atoms with Crippen molar-refractivity contribution in [3.63, 3.8) is 0 Å². The lowest BCUT2D eigenvalue weighted by atomic mass is 10.1. The van der Waals surface area contributed by atoms with E-state index in [0.29, 0.717) is 12.2 Å². The number of piperazine rings is 1. The molecule has 1 fully saturated rings. The van der Waals surface area contributed by atoms with Crippen molar-refractivity contribution in [3.05, 3.63) is 35.9 Å². The van der Waals surface area contributed by atoms with E-state index < -0.39 is 0 Å². The average molecular weight is 324 g/mol. The van der Waals surface area contributed by atoms with Gasteiger partial charge in [0, 0.05) is 42.5 Å². The summed E-state index contributed by atoms with van der Waals surface area (Å²) >= 11 is 0. The van der Waals surface area contributed by atoms with Gasteiger partial charge in [0.25, 0.3) is 0 Å². The molecular formula is C18H20N4O2. The monoisotopic (exact) mass is 324 g/mol. The highest BCUT2D eigenvalue weighted by atomic mass is 16.5. The lowest BCUT2D eigenvalue weighted by Crippen LogP contribution is -2.43. The van der Waals surface area contributed by atoms with Crippen molar-refractivity contribution >= 4 is 33.7 Å². The second kappa shape index (κ2) is 6.13. The quantitative estimate of drug-likeness (QED) is 0.724. The Morgan fingerprint density at radius 3 is 2.88 bits per heavy atom. The first-order chi connectivity index (χ1) is 11.8. The number of carbonyl (C=O) groups is 1. The first-order valence-corrected chi connectivity index (χ1v) is 8.32. The summed E-state index contributed by atoms with van der Waals surface area (Å²) in [5.74, 6) is 0.670. The van der Waals surface area contributed by atoms with E-state index in [-0.39, 0.29) is 5.97 Å². The molecule has 6 nitrogen and oxygen atoms in total. The third-order valence-electron chi connectivity index (χ3n) is 4.40. The third kappa shape index (κ3) is 2.49. The van der Waals surface area contributed by atoms with Gasteiger partial charge in [0.05, 0.1) is 12.2 Å². The molecule has 0 spiro atoms. The molecule has 1 aliphatic rings. The maximum absolute atomic E-state index is 12.2. The van der Waals surface area contributed by atoms with E-state index in [2.05, 4.69) is 15.2 Å². The van der Waals surface area contributed by atoms with Gasteiger partial charge < -0.3 is 19.9 Å². The number of H-pyrrole nitrogens is 1. The number of ether oxygens (including phenoxy) is 1. The lowest BCUT2D eigenvalue weighted by molar-refractivity contribution is 0.0529. The van der Waals surface area contributed by atoms with Crippen molar-refractivity contribution in [2.24, 2.45) is 0 Å². The molecule has 2 N–H and O–H groups in total. The van der Waals surface area contributed by atoms with Gasteiger partial charge in [-0.05, 0) is 31.2 Å². The van der Waals surface area contributed by atoms with Crippen molar-refractivity contribution in [3.8, 4) is 0 Å². The number of nitrogens with one attached hydrogen (secondary N) is 2. The predicted molar refractivity (Wildman–Crippen MR) is 94.6 cm³/mol. The first-order valence-electron chi connectivity index (χ1n) is 8.32. The smallest absolute Gasteiger partial charge is 0.338 e. The number of nitrogens with zero attached hydrogens (tertiary/aromatic N) is 2. The summed E-state index contributed by atoms with van der Waals surface area (Å²) in [4.78, 5) is 22.6. The molecule has 3 aromatic rings. The molecule has 0 unspecified atom stereocenters. The van der Waals surface area contributed by atoms with Crippen LogP contribution in [0.1, 0.15) is 17.3 Å². The summed E-state index contributed by atoms with van der Waals surface area (Å²) in [5.41, 5.74) is 2.29. The van der Waals surface area contributed by atoms with Gasteiger partial charge in [-0.2, -0.15) is 0 Å². The average Bonchev–Trinajstić information content (AvgIpc) is 3.00. The van der Waals surface area contributed by atoms with Crippen LogP contribution in [-0.4, -0.2) is 48.7 Å². The van der Waals surface area contributed by atoms with Crippen LogP contribution >= 0.6 is 0 Å². The van der Waals surface area contributed by atoms with Gasteiger partial charge in [0.1, 0.15) is 11.5 Å². The van der Waals surface area contributed by atoms with Gasteiger partial charge >= 0.3 is 5.97 Å². The van der Waals surface area contributed by atoms with Crippen molar-refractivity contribution in [1.82, 2.24) is 15.3 Å². The summed E-state index contributed by atoms with van der Waals surface area (Å²) in [5, 5.41) is 5.18. The highest BCUT2D eigenvalue weighted by Crippen LogP contribution is 2.29. The number of fused-ring (bicyclic) bond motifs is 3. The number of anilines is 1. The Hall–Kier alpha value is -2.60. The van der Waals surface area contributed by atoms with E-state index in [1.54, 1.807) is 6.07 Å². The van der Waals surface area contributed by atoms with Crippen molar-refractivity contribution < 1.29 is 9.53 Å². The molecule has 3 heterocycles. The molecule has 2 aromatic heterocycles. The first kappa shape index (κ1) is 15.0. The zero-order chi connectivity index (χ0) is 16.5. The zero-order valence-electron chi connectivity index (χ0n) is 13.6. The minimum atomic E-state index is -0.296. The van der Waals surface area contributed by atoms with Gasteiger partial charge in [-0.15, -0.1) is 0 Å². The minimum Gasteiger partial charge on any atom is -0.462 e. The molecule has 4 rings (SSSR count). The number of carbonyl (C=O) groups excluding carboxylic acids is 1. The van der Waals surface area contributed by atoms with Crippen molar-refractivity contribution in [1.29, 1.82) is 0 Å². The molecule has 1 aromatic carbocycles. The number of aromatic nitrogens is 2. The van der Waals surface area contributed by atoms with Crippen LogP contribution in [-0.2, 0) is 4.74 Å². The maximum atomic E-state index is 12.2. The zero-order valence-corrected chi connectivity index (χ0v) is 13.6. The number of aromatic amines is 1. The number of benzene rings is 1. The Labute approximate surface area is 139 Å². The molecule has 0 radical (unpaired) electrons. The van der Waals surface area contributed by atoms with Gasteiger partial charge in [-0.25, -0.2) is 9.78 Å². The second-order valence-electron chi connectivity index (χ2n) is 5.88. The van der Waals surface area contributed by atoms with E-state index in [9.17, 15) is 4.79 Å². The number of pyridine rings is 1. The van der Waals surface area contributed by atoms with Crippen LogP contribution in [0.3, 0.4) is 0 Å². The molecule has 0 bridgehead atoms. The minimum absolute atomic E-state index is 0.296. The predicted octanol–water partition coefficient (Wildman–Crippen LogP) is 2.30. The fourth-order valence-corrected chi connectivity index (χ4v) is 3.27. The number of hydrogen-bond donors (Lipinski definition) is 2. The molecule has 124 valence electrons. The summed E-state index contributed by atoms with van der Waals surface area (Å²) in [6, 6.07) is 9.70. The van der Waals surface area contributed by atoms with E-state index in [4.69, 9.17) is 9.72 Å². The summed E-state index contributed by atoms with van der Waals surface area (Å²) in [6.07, 6.45) is 0. The fourth-order valence-electron chi connectivity index (χ4n) is 3.27. The normalized spacial score (nSPS) is 15.1. The molecule has 24 heavy (non-hydrogen) atoms. The van der Waals surface area contributed by atoms with E-state index in [1.165, 1.54) is 0 Å². The summed E-state index contributed by atoms with van der Waals surface area (Å²) < 4.78 is 5.18. The van der Waals surface area contributed by atoms with Gasteiger partial charge in [-0.3, -0.25) is 0 Å². The van der Waals surface area contributed by atoms with Crippen LogP contribution in [0, 0.1) is 0 Å². The molecule has 1 aliphatic heterocycles. The van der Waals surface area contributed by atoms with Crippen LogP contribution in [0.15, 0.2) is 30.3 Å². The lowest BCUT2D eigenvalue weighted by Gasteiger charge is -2.28. The van der Waals surface area contributed by atoms with Gasteiger partial charge in [0.15, 0.2) is 0 Å². The highest BCUT2D eigenvalue weighted by Gasteiger charge is 2.17. The molecule has 6 heteroatoms. The SMILES string of the molecule is CCOC(=O)c1cccc2[nH]c3nc(N4CCNCC4)ccc3c12. The summed E-state index contributed by atoms with van der Waals surface area (Å²) in [6.45, 7) is 6.02. The summed E-state index contributed by atoms with van der Waals surface area (Å²) in [7, 11) is 0. The Morgan fingerprint density at radius 1 is 1.25 bits per heavy atom. The highest BCUT2D eigenvalue weighted by molar-refractivity contribution is 6.15. The van der Waals surface area contributed by atoms with Crippen molar-refractivity contribution in [2.45, 2.75) is 6.92 Å². The van der Waals surface area contributed by atoms with Gasteiger partial charge in [-0.1, -0.05) is 6.07 Å². The number of hydrogen-bond acceptors (Lipinski definition) is 5. The largest absolute Gasteiger partial charge is 0.462 e. The Balaban J connectivity index is 1.83. The molecule has 0 saturated carbocycles. The van der Waals surface area contributed by atoms with E-state index in [1.807, 2.05) is 31.2 Å². The fraction of sp³-hybridized carbons (Fsp3) is 0.333. The number of esters is 1. The van der Waals surface area contributed by atoms with Crippen LogP contribution in [0.2, 0.25) is 0 Å². The van der Waals surface area contributed by atoms with Crippen LogP contribution in [0.5, 0.6) is 0 Å². The topological polar surface area (TPSA) is 70.2 Å². The van der Waals surface area contributed by atoms with E-state index in [0.717, 1.165) is 53.9 Å². The van der Waals surface area contributed by atoms with Crippen LogP contribution < -0.4 is 10.2 Å². The Morgan fingerprint density at radius 2 is 2.08 bits per heavy atom. The Bertz CT molecular complexity index is 897. The van der Waals surface area contributed by atoms with E-state index >= 15 is 0 Å². The molecule has 0 amide bonds. The standard InChI is InChI=1S/C18H20N4O2/c1-2-24-18(23)13-4-3-5-14-16(13)12-6-7-15(21-17(12)20-14)22-10-8-19-9-11-22/h3-7,19H,2,8-11H2,1H3,(H,20,21). The maximum Gasteiger partial charge on any atom is 0.338 e. The number of rotatable bonds is 3. The molecule has 1 saturated heterocycles. The third-order valence-corrected chi connectivity index (χ3v) is 4.40. The van der Waals surface area contributed by atoms with Gasteiger partial charge in [0.2, 0.25) is 0 Å².